The molecule has 0 bridgehead atoms. The van der Waals surface area contributed by atoms with E-state index in [2.05, 4.69) is 32.8 Å². The van der Waals surface area contributed by atoms with Crippen LogP contribution in [0.3, 0.4) is 0 Å². The zero-order valence-corrected chi connectivity index (χ0v) is 12.0. The van der Waals surface area contributed by atoms with Crippen molar-refractivity contribution < 1.29 is 4.74 Å². The molecule has 5 nitrogen and oxygen atoms in total. The second-order valence-corrected chi connectivity index (χ2v) is 5.30. The van der Waals surface area contributed by atoms with E-state index in [1.165, 1.54) is 0 Å². The van der Waals surface area contributed by atoms with Crippen molar-refractivity contribution in [2.75, 3.05) is 6.54 Å². The lowest BCUT2D eigenvalue weighted by Crippen LogP contribution is -2.32. The van der Waals surface area contributed by atoms with Crippen LogP contribution >= 0.6 is 0 Å². The highest BCUT2D eigenvalue weighted by atomic mass is 16.5. The SMILES string of the molecule is Cc1cncc(COCc2cnc3n2CCN[C@H]3C)c1. The maximum atomic E-state index is 5.80. The smallest absolute Gasteiger partial charge is 0.125 e. The highest BCUT2D eigenvalue weighted by Crippen LogP contribution is 2.18. The fourth-order valence-electron chi connectivity index (χ4n) is 2.60. The molecule has 0 saturated carbocycles. The van der Waals surface area contributed by atoms with Crippen LogP contribution in [0, 0.1) is 6.92 Å². The second-order valence-electron chi connectivity index (χ2n) is 5.30. The Hall–Kier alpha value is -1.72. The Morgan fingerprint density at radius 2 is 2.25 bits per heavy atom. The average molecular weight is 272 g/mol. The largest absolute Gasteiger partial charge is 0.370 e. The number of pyridine rings is 1. The standard InChI is InChI=1S/C15H20N4O/c1-11-5-13(7-16-6-11)9-20-10-14-8-18-15-12(2)17-3-4-19(14)15/h5-8,12,17H,3-4,9-10H2,1-2H3/t12-/m0/s1. The molecule has 5 heteroatoms. The number of aryl methyl sites for hydroxylation is 1. The highest BCUT2D eigenvalue weighted by Gasteiger charge is 2.19. The first-order valence-corrected chi connectivity index (χ1v) is 7.00. The fourth-order valence-corrected chi connectivity index (χ4v) is 2.60. The molecule has 0 unspecified atom stereocenters. The number of aromatic nitrogens is 3. The van der Waals surface area contributed by atoms with Crippen LogP contribution in [0.2, 0.25) is 0 Å². The van der Waals surface area contributed by atoms with Gasteiger partial charge in [0.1, 0.15) is 5.82 Å². The van der Waals surface area contributed by atoms with E-state index in [1.54, 1.807) is 0 Å². The minimum absolute atomic E-state index is 0.318. The Morgan fingerprint density at radius 3 is 3.10 bits per heavy atom. The quantitative estimate of drug-likeness (QED) is 0.924. The van der Waals surface area contributed by atoms with Gasteiger partial charge in [0.15, 0.2) is 0 Å². The highest BCUT2D eigenvalue weighted by molar-refractivity contribution is 5.16. The zero-order chi connectivity index (χ0) is 13.9. The number of fused-ring (bicyclic) bond motifs is 1. The van der Waals surface area contributed by atoms with E-state index in [1.807, 2.05) is 25.5 Å². The van der Waals surface area contributed by atoms with Crippen LogP contribution < -0.4 is 5.32 Å². The van der Waals surface area contributed by atoms with E-state index in [0.717, 1.165) is 35.7 Å². The molecule has 106 valence electrons. The number of hydrogen-bond acceptors (Lipinski definition) is 4. The van der Waals surface area contributed by atoms with Gasteiger partial charge in [-0.2, -0.15) is 0 Å². The van der Waals surface area contributed by atoms with Gasteiger partial charge in [-0.05, 0) is 25.0 Å². The summed E-state index contributed by atoms with van der Waals surface area (Å²) in [6.07, 6.45) is 5.63. The van der Waals surface area contributed by atoms with Crippen LogP contribution in [0.25, 0.3) is 0 Å². The summed E-state index contributed by atoms with van der Waals surface area (Å²) in [6, 6.07) is 2.42. The maximum absolute atomic E-state index is 5.80. The maximum Gasteiger partial charge on any atom is 0.125 e. The van der Waals surface area contributed by atoms with Crippen molar-refractivity contribution in [3.63, 3.8) is 0 Å². The van der Waals surface area contributed by atoms with Gasteiger partial charge in [-0.25, -0.2) is 4.98 Å². The van der Waals surface area contributed by atoms with Crippen molar-refractivity contribution in [1.29, 1.82) is 0 Å². The third-order valence-electron chi connectivity index (χ3n) is 3.59. The molecule has 1 atom stereocenters. The minimum Gasteiger partial charge on any atom is -0.370 e. The molecular formula is C15H20N4O. The predicted molar refractivity (Wildman–Crippen MR) is 76.1 cm³/mol. The van der Waals surface area contributed by atoms with Crippen LogP contribution in [-0.4, -0.2) is 21.1 Å². The van der Waals surface area contributed by atoms with Crippen molar-refractivity contribution in [2.45, 2.75) is 39.6 Å². The third kappa shape index (κ3) is 2.73. The summed E-state index contributed by atoms with van der Waals surface area (Å²) < 4.78 is 8.06. The number of nitrogens with zero attached hydrogens (tertiary/aromatic N) is 3. The van der Waals surface area contributed by atoms with Gasteiger partial charge in [0.05, 0.1) is 31.1 Å². The van der Waals surface area contributed by atoms with Crippen molar-refractivity contribution >= 4 is 0 Å². The summed E-state index contributed by atoms with van der Waals surface area (Å²) in [5.41, 5.74) is 3.42. The van der Waals surface area contributed by atoms with Crippen molar-refractivity contribution in [3.05, 3.63) is 47.3 Å². The Balaban J connectivity index is 1.62. The van der Waals surface area contributed by atoms with Crippen LogP contribution in [0.4, 0.5) is 0 Å². The molecule has 0 amide bonds. The van der Waals surface area contributed by atoms with E-state index < -0.39 is 0 Å². The second kappa shape index (κ2) is 5.73. The summed E-state index contributed by atoms with van der Waals surface area (Å²) in [5, 5.41) is 3.41. The molecule has 20 heavy (non-hydrogen) atoms. The Morgan fingerprint density at radius 1 is 1.35 bits per heavy atom. The summed E-state index contributed by atoms with van der Waals surface area (Å²) in [7, 11) is 0. The molecule has 1 aliphatic heterocycles. The molecule has 2 aromatic rings. The fraction of sp³-hybridized carbons (Fsp3) is 0.467. The summed E-state index contributed by atoms with van der Waals surface area (Å²) in [5.74, 6) is 1.10. The molecule has 0 radical (unpaired) electrons. The molecule has 0 saturated heterocycles. The topological polar surface area (TPSA) is 52.0 Å². The van der Waals surface area contributed by atoms with Crippen LogP contribution in [0.15, 0.2) is 24.7 Å². The van der Waals surface area contributed by atoms with E-state index in [9.17, 15) is 0 Å². The number of ether oxygens (including phenoxy) is 1. The molecule has 0 aliphatic carbocycles. The average Bonchev–Trinajstić information content (AvgIpc) is 2.84. The van der Waals surface area contributed by atoms with Gasteiger partial charge in [-0.15, -0.1) is 0 Å². The number of hydrogen-bond donors (Lipinski definition) is 1. The van der Waals surface area contributed by atoms with E-state index in [-0.39, 0.29) is 0 Å². The summed E-state index contributed by atoms with van der Waals surface area (Å²) in [6.45, 7) is 7.31. The van der Waals surface area contributed by atoms with Gasteiger partial charge < -0.3 is 14.6 Å². The number of imidazole rings is 1. The lowest BCUT2D eigenvalue weighted by molar-refractivity contribution is 0.101. The Labute approximate surface area is 119 Å². The van der Waals surface area contributed by atoms with Gasteiger partial charge in [0, 0.05) is 25.5 Å². The predicted octanol–water partition coefficient (Wildman–Crippen LogP) is 1.97. The molecule has 3 rings (SSSR count). The van der Waals surface area contributed by atoms with Crippen molar-refractivity contribution in [3.8, 4) is 0 Å². The van der Waals surface area contributed by atoms with Crippen molar-refractivity contribution in [1.82, 2.24) is 19.9 Å². The molecule has 0 fully saturated rings. The summed E-state index contributed by atoms with van der Waals surface area (Å²) >= 11 is 0. The van der Waals surface area contributed by atoms with E-state index in [0.29, 0.717) is 19.3 Å². The van der Waals surface area contributed by atoms with Crippen LogP contribution in [0.5, 0.6) is 0 Å². The Kier molecular flexibility index (Phi) is 3.80. The van der Waals surface area contributed by atoms with Crippen molar-refractivity contribution in [2.24, 2.45) is 0 Å². The van der Waals surface area contributed by atoms with Gasteiger partial charge in [-0.3, -0.25) is 4.98 Å². The summed E-state index contributed by atoms with van der Waals surface area (Å²) in [4.78, 5) is 8.66. The molecule has 3 heterocycles. The first kappa shape index (κ1) is 13.3. The minimum atomic E-state index is 0.318. The number of nitrogens with one attached hydrogen (secondary N) is 1. The van der Waals surface area contributed by atoms with E-state index >= 15 is 0 Å². The lowest BCUT2D eigenvalue weighted by Gasteiger charge is -2.23. The molecule has 0 spiro atoms. The first-order chi connectivity index (χ1) is 9.74. The third-order valence-corrected chi connectivity index (χ3v) is 3.59. The molecule has 0 aromatic carbocycles. The first-order valence-electron chi connectivity index (χ1n) is 7.00. The van der Waals surface area contributed by atoms with Crippen LogP contribution in [-0.2, 0) is 24.5 Å². The molecular weight excluding hydrogens is 252 g/mol. The van der Waals surface area contributed by atoms with Gasteiger partial charge in [0.2, 0.25) is 0 Å². The molecule has 1 N–H and O–H groups in total. The Bertz CT molecular complexity index is 593. The van der Waals surface area contributed by atoms with Gasteiger partial charge in [-0.1, -0.05) is 6.07 Å². The lowest BCUT2D eigenvalue weighted by atomic mass is 10.2. The van der Waals surface area contributed by atoms with Gasteiger partial charge in [0.25, 0.3) is 0 Å². The van der Waals surface area contributed by atoms with Crippen LogP contribution in [0.1, 0.15) is 35.6 Å². The molecule has 1 aliphatic rings. The van der Waals surface area contributed by atoms with E-state index in [4.69, 9.17) is 4.74 Å². The molecule has 2 aromatic heterocycles. The van der Waals surface area contributed by atoms with Gasteiger partial charge >= 0.3 is 0 Å². The number of rotatable bonds is 4. The zero-order valence-electron chi connectivity index (χ0n) is 12.0. The monoisotopic (exact) mass is 272 g/mol. The normalized spacial score (nSPS) is 18.0.